The topological polar surface area (TPSA) is 73.6 Å². The van der Waals surface area contributed by atoms with Crippen LogP contribution in [0.1, 0.15) is 42.4 Å². The fraction of sp³-hybridized carbons (Fsp3) is 0.391. The molecular formula is C23H23FN2O3. The quantitative estimate of drug-likeness (QED) is 0.849. The summed E-state index contributed by atoms with van der Waals surface area (Å²) in [6.07, 6.45) is 1.92. The van der Waals surface area contributed by atoms with Crippen LogP contribution in [0, 0.1) is 17.1 Å². The summed E-state index contributed by atoms with van der Waals surface area (Å²) in [5, 5.41) is 20.0. The fourth-order valence-corrected chi connectivity index (χ4v) is 4.62. The summed E-state index contributed by atoms with van der Waals surface area (Å²) in [7, 11) is 0. The van der Waals surface area contributed by atoms with E-state index in [4.69, 9.17) is 10.00 Å². The van der Waals surface area contributed by atoms with Gasteiger partial charge in [-0.25, -0.2) is 9.18 Å². The van der Waals surface area contributed by atoms with Crippen LogP contribution >= 0.6 is 0 Å². The number of carbonyl (C=O) groups is 1. The number of aliphatic hydroxyl groups is 1. The van der Waals surface area contributed by atoms with Gasteiger partial charge in [0.2, 0.25) is 0 Å². The van der Waals surface area contributed by atoms with Gasteiger partial charge in [-0.1, -0.05) is 42.5 Å². The van der Waals surface area contributed by atoms with E-state index in [0.717, 1.165) is 18.4 Å². The van der Waals surface area contributed by atoms with E-state index < -0.39 is 11.4 Å². The highest BCUT2D eigenvalue weighted by molar-refractivity contribution is 5.69. The molecule has 2 atom stereocenters. The fourth-order valence-electron chi connectivity index (χ4n) is 4.62. The maximum Gasteiger partial charge on any atom is 0.410 e. The second-order valence-corrected chi connectivity index (χ2v) is 7.91. The van der Waals surface area contributed by atoms with Crippen molar-refractivity contribution in [3.8, 4) is 6.07 Å². The molecule has 150 valence electrons. The third-order valence-corrected chi connectivity index (χ3v) is 6.04. The van der Waals surface area contributed by atoms with E-state index in [-0.39, 0.29) is 31.2 Å². The highest BCUT2D eigenvalue weighted by Crippen LogP contribution is 2.46. The van der Waals surface area contributed by atoms with E-state index in [2.05, 4.69) is 0 Å². The number of amides is 1. The molecule has 6 heteroatoms. The Morgan fingerprint density at radius 3 is 2.52 bits per heavy atom. The molecule has 2 saturated heterocycles. The summed E-state index contributed by atoms with van der Waals surface area (Å²) in [5.41, 5.74) is 0.568. The van der Waals surface area contributed by atoms with Crippen molar-refractivity contribution in [1.82, 2.24) is 4.90 Å². The van der Waals surface area contributed by atoms with E-state index in [0.29, 0.717) is 24.0 Å². The molecule has 2 bridgehead atoms. The number of hydrogen-bond donors (Lipinski definition) is 1. The van der Waals surface area contributed by atoms with E-state index >= 15 is 0 Å². The summed E-state index contributed by atoms with van der Waals surface area (Å²) in [6.45, 7) is 0.214. The Balaban J connectivity index is 1.46. The highest BCUT2D eigenvalue weighted by Gasteiger charge is 2.50. The van der Waals surface area contributed by atoms with Crippen LogP contribution in [-0.2, 0) is 23.4 Å². The largest absolute Gasteiger partial charge is 0.445 e. The predicted molar refractivity (Wildman–Crippen MR) is 104 cm³/mol. The minimum absolute atomic E-state index is 0.00315. The molecule has 2 aliphatic heterocycles. The molecule has 1 N–H and O–H groups in total. The van der Waals surface area contributed by atoms with Gasteiger partial charge in [-0.15, -0.1) is 0 Å². The second kappa shape index (κ2) is 7.84. The number of piperidine rings is 1. The molecule has 0 aliphatic carbocycles. The molecule has 5 nitrogen and oxygen atoms in total. The Bertz CT molecular complexity index is 927. The maximum absolute atomic E-state index is 14.3. The van der Waals surface area contributed by atoms with Crippen LogP contribution in [0.4, 0.5) is 9.18 Å². The number of benzene rings is 2. The van der Waals surface area contributed by atoms with Crippen LogP contribution in [0.25, 0.3) is 0 Å². The minimum Gasteiger partial charge on any atom is -0.445 e. The van der Waals surface area contributed by atoms with E-state index in [9.17, 15) is 14.3 Å². The molecule has 0 radical (unpaired) electrons. The van der Waals surface area contributed by atoms with Gasteiger partial charge in [-0.05, 0) is 30.0 Å². The van der Waals surface area contributed by atoms with Crippen molar-refractivity contribution in [3.05, 3.63) is 71.0 Å². The number of halogens is 1. The maximum atomic E-state index is 14.3. The Kier molecular flexibility index (Phi) is 5.25. The number of nitrogens with zero attached hydrogens (tertiary/aromatic N) is 2. The zero-order valence-electron chi connectivity index (χ0n) is 16.1. The van der Waals surface area contributed by atoms with Gasteiger partial charge in [0.1, 0.15) is 12.4 Å². The van der Waals surface area contributed by atoms with Crippen LogP contribution in [0.3, 0.4) is 0 Å². The molecule has 0 spiro atoms. The van der Waals surface area contributed by atoms with Crippen molar-refractivity contribution < 1.29 is 19.0 Å². The van der Waals surface area contributed by atoms with Gasteiger partial charge in [0, 0.05) is 30.5 Å². The summed E-state index contributed by atoms with van der Waals surface area (Å²) in [5.74, 6) is -0.477. The average Bonchev–Trinajstić information content (AvgIpc) is 3.00. The molecule has 4 rings (SSSR count). The SMILES string of the molecule is N#CCc1ccc(C2(O)CC3CCC(C2)N3C(=O)OCc2ccccc2)cc1F. The van der Waals surface area contributed by atoms with Gasteiger partial charge < -0.3 is 14.7 Å². The van der Waals surface area contributed by atoms with E-state index in [1.54, 1.807) is 17.0 Å². The average molecular weight is 394 g/mol. The van der Waals surface area contributed by atoms with Gasteiger partial charge in [0.15, 0.2) is 0 Å². The van der Waals surface area contributed by atoms with Crippen molar-refractivity contribution in [2.75, 3.05) is 0 Å². The van der Waals surface area contributed by atoms with Crippen LogP contribution in [-0.4, -0.2) is 28.2 Å². The summed E-state index contributed by atoms with van der Waals surface area (Å²) < 4.78 is 19.8. The lowest BCUT2D eigenvalue weighted by Gasteiger charge is -2.43. The molecule has 2 aromatic carbocycles. The molecule has 2 aromatic rings. The molecule has 0 saturated carbocycles. The standard InChI is InChI=1S/C23H23FN2O3/c24-21-12-18(7-6-17(21)10-11-25)23(28)13-19-8-9-20(14-23)26(19)22(27)29-15-16-4-2-1-3-5-16/h1-7,12,19-20,28H,8-10,13-15H2. The number of rotatable bonds is 4. The van der Waals surface area contributed by atoms with E-state index in [1.165, 1.54) is 6.07 Å². The third kappa shape index (κ3) is 3.83. The zero-order chi connectivity index (χ0) is 20.4. The van der Waals surface area contributed by atoms with Crippen LogP contribution in [0.15, 0.2) is 48.5 Å². The minimum atomic E-state index is -1.19. The molecule has 2 fully saturated rings. The number of nitriles is 1. The Labute approximate surface area is 169 Å². The Morgan fingerprint density at radius 1 is 1.21 bits per heavy atom. The summed E-state index contributed by atoms with van der Waals surface area (Å²) >= 11 is 0. The Hall–Kier alpha value is -2.91. The molecule has 2 heterocycles. The predicted octanol–water partition coefficient (Wildman–Crippen LogP) is 4.04. The Morgan fingerprint density at radius 2 is 1.90 bits per heavy atom. The molecular weight excluding hydrogens is 371 g/mol. The lowest BCUT2D eigenvalue weighted by Crippen LogP contribution is -2.52. The second-order valence-electron chi connectivity index (χ2n) is 7.91. The molecule has 29 heavy (non-hydrogen) atoms. The van der Waals surface area contributed by atoms with Gasteiger partial charge in [0.25, 0.3) is 0 Å². The summed E-state index contributed by atoms with van der Waals surface area (Å²) in [4.78, 5) is 14.4. The van der Waals surface area contributed by atoms with Crippen LogP contribution in [0.2, 0.25) is 0 Å². The van der Waals surface area contributed by atoms with Crippen molar-refractivity contribution in [1.29, 1.82) is 5.26 Å². The lowest BCUT2D eigenvalue weighted by atomic mass is 9.80. The van der Waals surface area contributed by atoms with Crippen LogP contribution < -0.4 is 0 Å². The molecule has 0 aromatic heterocycles. The normalized spacial score (nSPS) is 25.5. The van der Waals surface area contributed by atoms with Gasteiger partial charge >= 0.3 is 6.09 Å². The monoisotopic (exact) mass is 394 g/mol. The van der Waals surface area contributed by atoms with Crippen molar-refractivity contribution in [2.45, 2.75) is 56.4 Å². The van der Waals surface area contributed by atoms with Gasteiger partial charge in [-0.2, -0.15) is 5.26 Å². The van der Waals surface area contributed by atoms with Crippen molar-refractivity contribution in [3.63, 3.8) is 0 Å². The first-order valence-electron chi connectivity index (χ1n) is 9.87. The van der Waals surface area contributed by atoms with Gasteiger partial charge in [0.05, 0.1) is 18.1 Å². The number of carbonyl (C=O) groups excluding carboxylic acids is 1. The smallest absolute Gasteiger partial charge is 0.410 e. The van der Waals surface area contributed by atoms with E-state index in [1.807, 2.05) is 36.4 Å². The first-order chi connectivity index (χ1) is 14.0. The molecule has 2 unspecified atom stereocenters. The first-order valence-corrected chi connectivity index (χ1v) is 9.87. The molecule has 1 amide bonds. The molecule has 2 aliphatic rings. The van der Waals surface area contributed by atoms with Crippen molar-refractivity contribution in [2.24, 2.45) is 0 Å². The zero-order valence-corrected chi connectivity index (χ0v) is 16.1. The third-order valence-electron chi connectivity index (χ3n) is 6.04. The van der Waals surface area contributed by atoms with Crippen LogP contribution in [0.5, 0.6) is 0 Å². The number of ether oxygens (including phenoxy) is 1. The number of fused-ring (bicyclic) bond motifs is 2. The number of hydrogen-bond acceptors (Lipinski definition) is 4. The highest BCUT2D eigenvalue weighted by atomic mass is 19.1. The van der Waals surface area contributed by atoms with Gasteiger partial charge in [-0.3, -0.25) is 0 Å². The first kappa shape index (κ1) is 19.4. The lowest BCUT2D eigenvalue weighted by molar-refractivity contribution is -0.0538. The summed E-state index contributed by atoms with van der Waals surface area (Å²) in [6, 6.07) is 15.8. The van der Waals surface area contributed by atoms with Crippen molar-refractivity contribution >= 4 is 6.09 Å².